The van der Waals surface area contributed by atoms with Gasteiger partial charge in [-0.25, -0.2) is 0 Å². The Bertz CT molecular complexity index is 294. The van der Waals surface area contributed by atoms with E-state index in [-0.39, 0.29) is 36.6 Å². The summed E-state index contributed by atoms with van der Waals surface area (Å²) >= 11 is 0. The Morgan fingerprint density at radius 2 is 1.76 bits per heavy atom. The van der Waals surface area contributed by atoms with E-state index in [1.54, 1.807) is 0 Å². The number of likely N-dealkylation sites (tertiary alicyclic amines) is 1. The van der Waals surface area contributed by atoms with E-state index >= 15 is 0 Å². The molecule has 2 fully saturated rings. The van der Waals surface area contributed by atoms with Crippen LogP contribution in [0.4, 0.5) is 0 Å². The second kappa shape index (κ2) is 10.6. The number of hydrogen-bond acceptors (Lipinski definition) is 4. The van der Waals surface area contributed by atoms with Crippen molar-refractivity contribution in [2.75, 3.05) is 52.5 Å². The van der Waals surface area contributed by atoms with E-state index in [0.29, 0.717) is 6.54 Å². The molecule has 2 heterocycles. The number of nitrogens with zero attached hydrogens (tertiary/aromatic N) is 2. The zero-order valence-electron chi connectivity index (χ0n) is 12.8. The molecule has 2 aliphatic heterocycles. The van der Waals surface area contributed by atoms with Crippen molar-refractivity contribution in [1.29, 1.82) is 0 Å². The van der Waals surface area contributed by atoms with Crippen LogP contribution in [0, 0.1) is 11.8 Å². The van der Waals surface area contributed by atoms with Gasteiger partial charge in [-0.2, -0.15) is 0 Å². The number of carbonyl (C=O) groups excluding carboxylic acids is 1. The highest BCUT2D eigenvalue weighted by molar-refractivity contribution is 5.85. The summed E-state index contributed by atoms with van der Waals surface area (Å²) in [6.45, 7) is 9.19. The lowest BCUT2D eigenvalue weighted by molar-refractivity contribution is -0.136. The average molecular weight is 342 g/mol. The molecular weight excluding hydrogens is 313 g/mol. The lowest BCUT2D eigenvalue weighted by Crippen LogP contribution is -2.46. The van der Waals surface area contributed by atoms with Gasteiger partial charge in [0.25, 0.3) is 0 Å². The van der Waals surface area contributed by atoms with Gasteiger partial charge >= 0.3 is 0 Å². The SMILES string of the molecule is CC(CN)C(=O)N1CCC(CN2CCOCC2)CC1.Cl.Cl. The molecule has 2 N–H and O–H groups in total. The van der Waals surface area contributed by atoms with Crippen molar-refractivity contribution >= 4 is 30.7 Å². The van der Waals surface area contributed by atoms with E-state index in [9.17, 15) is 4.79 Å². The van der Waals surface area contributed by atoms with E-state index in [2.05, 4.69) is 4.90 Å². The Morgan fingerprint density at radius 1 is 1.19 bits per heavy atom. The molecule has 5 nitrogen and oxygen atoms in total. The van der Waals surface area contributed by atoms with Gasteiger partial charge in [0.15, 0.2) is 0 Å². The van der Waals surface area contributed by atoms with E-state index in [1.807, 2.05) is 11.8 Å². The Labute approximate surface area is 140 Å². The van der Waals surface area contributed by atoms with Gasteiger partial charge in [-0.05, 0) is 18.8 Å². The molecule has 0 aliphatic carbocycles. The van der Waals surface area contributed by atoms with E-state index < -0.39 is 0 Å². The number of halogens is 2. The van der Waals surface area contributed by atoms with Gasteiger partial charge in [0.05, 0.1) is 13.2 Å². The molecule has 126 valence electrons. The molecule has 0 radical (unpaired) electrons. The summed E-state index contributed by atoms with van der Waals surface area (Å²) in [7, 11) is 0. The van der Waals surface area contributed by atoms with Crippen LogP contribution in [0.1, 0.15) is 19.8 Å². The Hall–Kier alpha value is -0.0700. The zero-order valence-corrected chi connectivity index (χ0v) is 14.5. The Morgan fingerprint density at radius 3 is 2.29 bits per heavy atom. The van der Waals surface area contributed by atoms with E-state index in [0.717, 1.165) is 64.7 Å². The molecule has 1 amide bonds. The third-order valence-electron chi connectivity index (χ3n) is 4.32. The maximum atomic E-state index is 12.0. The predicted molar refractivity (Wildman–Crippen MR) is 89.3 cm³/mol. The standard InChI is InChI=1S/C14H27N3O2.2ClH/c1-12(10-15)14(18)17-4-2-13(3-5-17)11-16-6-8-19-9-7-16;;/h12-13H,2-11,15H2,1H3;2*1H. The summed E-state index contributed by atoms with van der Waals surface area (Å²) in [5, 5.41) is 0. The molecule has 0 aromatic rings. The van der Waals surface area contributed by atoms with Crippen molar-refractivity contribution in [2.45, 2.75) is 19.8 Å². The molecule has 1 unspecified atom stereocenters. The van der Waals surface area contributed by atoms with Crippen molar-refractivity contribution in [1.82, 2.24) is 9.80 Å². The fourth-order valence-electron chi connectivity index (χ4n) is 2.90. The van der Waals surface area contributed by atoms with Gasteiger partial charge in [-0.15, -0.1) is 24.8 Å². The van der Waals surface area contributed by atoms with Crippen LogP contribution in [0.15, 0.2) is 0 Å². The minimum Gasteiger partial charge on any atom is -0.379 e. The van der Waals surface area contributed by atoms with Crippen LogP contribution in [0.25, 0.3) is 0 Å². The number of rotatable bonds is 4. The van der Waals surface area contributed by atoms with Crippen LogP contribution in [0.2, 0.25) is 0 Å². The number of nitrogens with two attached hydrogens (primary N) is 1. The number of amides is 1. The second-order valence-corrected chi connectivity index (χ2v) is 5.82. The van der Waals surface area contributed by atoms with Crippen molar-refractivity contribution in [3.8, 4) is 0 Å². The van der Waals surface area contributed by atoms with E-state index in [1.165, 1.54) is 0 Å². The summed E-state index contributed by atoms with van der Waals surface area (Å²) in [5.74, 6) is 0.929. The topological polar surface area (TPSA) is 58.8 Å². The first-order valence-electron chi connectivity index (χ1n) is 7.49. The highest BCUT2D eigenvalue weighted by Gasteiger charge is 2.26. The minimum absolute atomic E-state index is 0. The van der Waals surface area contributed by atoms with Crippen molar-refractivity contribution in [2.24, 2.45) is 17.6 Å². The second-order valence-electron chi connectivity index (χ2n) is 5.82. The van der Waals surface area contributed by atoms with Gasteiger partial charge in [-0.3, -0.25) is 9.69 Å². The van der Waals surface area contributed by atoms with E-state index in [4.69, 9.17) is 10.5 Å². The third kappa shape index (κ3) is 6.28. The lowest BCUT2D eigenvalue weighted by atomic mass is 9.95. The number of ether oxygens (including phenoxy) is 1. The van der Waals surface area contributed by atoms with Gasteiger partial charge < -0.3 is 15.4 Å². The monoisotopic (exact) mass is 341 g/mol. The molecule has 2 rings (SSSR count). The predicted octanol–water partition coefficient (Wildman–Crippen LogP) is 0.996. The molecule has 7 heteroatoms. The molecule has 0 aromatic heterocycles. The third-order valence-corrected chi connectivity index (χ3v) is 4.32. The number of morpholine rings is 1. The molecular formula is C14H29Cl2N3O2. The zero-order chi connectivity index (χ0) is 13.7. The van der Waals surface area contributed by atoms with Gasteiger partial charge in [-0.1, -0.05) is 6.92 Å². The van der Waals surface area contributed by atoms with Crippen molar-refractivity contribution < 1.29 is 9.53 Å². The first kappa shape index (κ1) is 20.9. The van der Waals surface area contributed by atoms with Crippen LogP contribution < -0.4 is 5.73 Å². The summed E-state index contributed by atoms with van der Waals surface area (Å²) in [6, 6.07) is 0. The summed E-state index contributed by atoms with van der Waals surface area (Å²) in [5.41, 5.74) is 5.56. The highest BCUT2D eigenvalue weighted by Crippen LogP contribution is 2.20. The highest BCUT2D eigenvalue weighted by atomic mass is 35.5. The van der Waals surface area contributed by atoms with Crippen molar-refractivity contribution in [3.63, 3.8) is 0 Å². The summed E-state index contributed by atoms with van der Waals surface area (Å²) in [4.78, 5) is 16.5. The van der Waals surface area contributed by atoms with Crippen LogP contribution >= 0.6 is 24.8 Å². The van der Waals surface area contributed by atoms with Crippen LogP contribution in [-0.2, 0) is 9.53 Å². The van der Waals surface area contributed by atoms with Gasteiger partial charge in [0, 0.05) is 45.2 Å². The molecule has 0 aromatic carbocycles. The number of hydrogen-bond donors (Lipinski definition) is 1. The first-order chi connectivity index (χ1) is 9.20. The first-order valence-corrected chi connectivity index (χ1v) is 7.49. The van der Waals surface area contributed by atoms with Crippen molar-refractivity contribution in [3.05, 3.63) is 0 Å². The molecule has 2 aliphatic rings. The molecule has 21 heavy (non-hydrogen) atoms. The average Bonchev–Trinajstić information content (AvgIpc) is 2.47. The molecule has 0 bridgehead atoms. The maximum absolute atomic E-state index is 12.0. The van der Waals surface area contributed by atoms with Crippen LogP contribution in [0.3, 0.4) is 0 Å². The Kier molecular flexibility index (Phi) is 10.6. The smallest absolute Gasteiger partial charge is 0.226 e. The number of carbonyl (C=O) groups is 1. The minimum atomic E-state index is -0.0317. The Balaban J connectivity index is 0.00000200. The normalized spacial score (nSPS) is 22.1. The van der Waals surface area contributed by atoms with Gasteiger partial charge in [0.2, 0.25) is 5.91 Å². The lowest BCUT2D eigenvalue weighted by Gasteiger charge is -2.36. The molecule has 0 saturated carbocycles. The van der Waals surface area contributed by atoms with Gasteiger partial charge in [0.1, 0.15) is 0 Å². The fourth-order valence-corrected chi connectivity index (χ4v) is 2.90. The molecule has 0 spiro atoms. The molecule has 2 saturated heterocycles. The maximum Gasteiger partial charge on any atom is 0.226 e. The van der Waals surface area contributed by atoms with Crippen LogP contribution in [0.5, 0.6) is 0 Å². The molecule has 1 atom stereocenters. The fraction of sp³-hybridized carbons (Fsp3) is 0.929. The summed E-state index contributed by atoms with van der Waals surface area (Å²) < 4.78 is 5.37. The summed E-state index contributed by atoms with van der Waals surface area (Å²) in [6.07, 6.45) is 2.25. The largest absolute Gasteiger partial charge is 0.379 e. The quantitative estimate of drug-likeness (QED) is 0.828. The van der Waals surface area contributed by atoms with Crippen LogP contribution in [-0.4, -0.2) is 68.2 Å². The number of piperidine rings is 1.